The van der Waals surface area contributed by atoms with Crippen molar-refractivity contribution in [2.75, 3.05) is 7.05 Å². The Morgan fingerprint density at radius 3 is 2.87 bits per heavy atom. The van der Waals surface area contributed by atoms with Crippen molar-refractivity contribution in [1.82, 2.24) is 29.3 Å². The number of hydrogen-bond donors (Lipinski definition) is 0. The first-order valence-corrected chi connectivity index (χ1v) is 9.85. The first kappa shape index (κ1) is 19.9. The summed E-state index contributed by atoms with van der Waals surface area (Å²) in [4.78, 5) is 18.4. The molecule has 4 rings (SSSR count). The van der Waals surface area contributed by atoms with Crippen LogP contribution in [0.5, 0.6) is 5.88 Å². The fourth-order valence-electron chi connectivity index (χ4n) is 3.82. The zero-order chi connectivity index (χ0) is 21.3. The average Bonchev–Trinajstić information content (AvgIpc) is 3.33. The predicted octanol–water partition coefficient (Wildman–Crippen LogP) is 2.44. The lowest BCUT2D eigenvalue weighted by molar-refractivity contribution is -0.126. The van der Waals surface area contributed by atoms with E-state index < -0.39 is 5.82 Å². The molecular formula is C21H23FN6O2. The van der Waals surface area contributed by atoms with Gasteiger partial charge in [0.05, 0.1) is 24.3 Å². The largest absolute Gasteiger partial charge is 0.473 e. The topological polar surface area (TPSA) is 77.6 Å². The summed E-state index contributed by atoms with van der Waals surface area (Å²) in [7, 11) is 3.58. The Kier molecular flexibility index (Phi) is 5.40. The Balaban J connectivity index is 1.61. The lowest BCUT2D eigenvalue weighted by atomic mass is 9.92. The number of nitrogens with zero attached hydrogens (tertiary/aromatic N) is 6. The molecule has 2 atom stereocenters. The Morgan fingerprint density at radius 2 is 2.13 bits per heavy atom. The maximum atomic E-state index is 14.4. The van der Waals surface area contributed by atoms with Crippen molar-refractivity contribution in [1.29, 1.82) is 0 Å². The number of halogens is 1. The predicted molar refractivity (Wildman–Crippen MR) is 108 cm³/mol. The highest BCUT2D eigenvalue weighted by molar-refractivity contribution is 5.93. The van der Waals surface area contributed by atoms with E-state index in [4.69, 9.17) is 4.74 Å². The molecule has 8 nitrogen and oxygen atoms in total. The van der Waals surface area contributed by atoms with Crippen LogP contribution in [-0.4, -0.2) is 54.4 Å². The first-order valence-electron chi connectivity index (χ1n) is 9.85. The van der Waals surface area contributed by atoms with Gasteiger partial charge in [0.15, 0.2) is 11.3 Å². The van der Waals surface area contributed by atoms with Gasteiger partial charge in [0.1, 0.15) is 6.10 Å². The minimum atomic E-state index is -0.492. The minimum absolute atomic E-state index is 0.0179. The fourth-order valence-corrected chi connectivity index (χ4v) is 3.82. The summed E-state index contributed by atoms with van der Waals surface area (Å²) in [6, 6.07) is 0.0179. The van der Waals surface area contributed by atoms with E-state index >= 15 is 0 Å². The molecule has 0 aliphatic heterocycles. The third-order valence-electron chi connectivity index (χ3n) is 5.40. The van der Waals surface area contributed by atoms with Crippen molar-refractivity contribution in [3.8, 4) is 29.0 Å². The van der Waals surface area contributed by atoms with Crippen LogP contribution in [0.25, 0.3) is 16.8 Å². The number of rotatable bonds is 4. The van der Waals surface area contributed by atoms with Gasteiger partial charge in [-0.15, -0.1) is 0 Å². The van der Waals surface area contributed by atoms with Crippen molar-refractivity contribution in [2.24, 2.45) is 7.05 Å². The van der Waals surface area contributed by atoms with Crippen LogP contribution < -0.4 is 4.74 Å². The van der Waals surface area contributed by atoms with E-state index in [1.807, 2.05) is 13.2 Å². The molecule has 0 radical (unpaired) electrons. The molecule has 3 heterocycles. The van der Waals surface area contributed by atoms with E-state index in [2.05, 4.69) is 27.0 Å². The molecule has 156 valence electrons. The van der Waals surface area contributed by atoms with Crippen LogP contribution in [0.2, 0.25) is 0 Å². The molecule has 1 aliphatic carbocycles. The maximum Gasteiger partial charge on any atom is 0.298 e. The second-order valence-electron chi connectivity index (χ2n) is 7.47. The zero-order valence-electron chi connectivity index (χ0n) is 17.2. The maximum absolute atomic E-state index is 14.4. The molecule has 0 unspecified atom stereocenters. The Hall–Kier alpha value is -3.41. The summed E-state index contributed by atoms with van der Waals surface area (Å²) in [5.74, 6) is 4.72. The molecule has 0 saturated heterocycles. The lowest BCUT2D eigenvalue weighted by Crippen LogP contribution is -2.42. The van der Waals surface area contributed by atoms with Gasteiger partial charge in [-0.3, -0.25) is 9.48 Å². The number of aromatic nitrogens is 5. The van der Waals surface area contributed by atoms with E-state index in [0.717, 1.165) is 31.0 Å². The molecule has 1 aliphatic rings. The third kappa shape index (κ3) is 3.85. The molecule has 0 spiro atoms. The van der Waals surface area contributed by atoms with Crippen LogP contribution >= 0.6 is 0 Å². The fraction of sp³-hybridized carbons (Fsp3) is 0.429. The van der Waals surface area contributed by atoms with Crippen LogP contribution in [0, 0.1) is 17.7 Å². The van der Waals surface area contributed by atoms with Crippen LogP contribution in [0.3, 0.4) is 0 Å². The Bertz CT molecular complexity index is 1140. The molecule has 30 heavy (non-hydrogen) atoms. The highest BCUT2D eigenvalue weighted by Crippen LogP contribution is 2.30. The van der Waals surface area contributed by atoms with Crippen molar-refractivity contribution in [3.63, 3.8) is 0 Å². The number of hydrogen-bond acceptors (Lipinski definition) is 5. The Labute approximate surface area is 173 Å². The highest BCUT2D eigenvalue weighted by Gasteiger charge is 2.29. The molecule has 0 N–H and O–H groups in total. The van der Waals surface area contributed by atoms with Crippen molar-refractivity contribution < 1.29 is 13.9 Å². The van der Waals surface area contributed by atoms with Gasteiger partial charge in [-0.05, 0) is 32.1 Å². The summed E-state index contributed by atoms with van der Waals surface area (Å²) in [5, 5.41) is 8.25. The van der Waals surface area contributed by atoms with Crippen LogP contribution in [-0.2, 0) is 11.8 Å². The van der Waals surface area contributed by atoms with Crippen LogP contribution in [0.1, 0.15) is 32.6 Å². The lowest BCUT2D eigenvalue weighted by Gasteiger charge is -2.34. The van der Waals surface area contributed by atoms with E-state index in [1.54, 1.807) is 35.9 Å². The smallest absolute Gasteiger partial charge is 0.298 e. The SMILES string of the molecule is CC#CC(=O)N(C)[C@H]1CCC[C@@H](Oc2nc(-c3cnn(C)c3)cn3ncc(F)c23)C1. The van der Waals surface area contributed by atoms with E-state index in [1.165, 1.54) is 4.52 Å². The van der Waals surface area contributed by atoms with Crippen LogP contribution in [0.4, 0.5) is 4.39 Å². The van der Waals surface area contributed by atoms with E-state index in [0.29, 0.717) is 12.1 Å². The average molecular weight is 410 g/mol. The van der Waals surface area contributed by atoms with Gasteiger partial charge in [-0.25, -0.2) is 13.9 Å². The standard InChI is InChI=1S/C21H23FN6O2/c1-4-6-19(29)27(3)15-7-5-8-16(9-15)30-21-20-17(22)11-24-28(20)13-18(25-21)14-10-23-26(2)12-14/h10-13,15-16H,5,7-9H2,1-3H3/t15-,16+/m0/s1. The normalized spacial score (nSPS) is 18.7. The molecular weight excluding hydrogens is 387 g/mol. The molecule has 1 fully saturated rings. The summed E-state index contributed by atoms with van der Waals surface area (Å²) < 4.78 is 23.7. The summed E-state index contributed by atoms with van der Waals surface area (Å²) in [5.41, 5.74) is 1.57. The van der Waals surface area contributed by atoms with Gasteiger partial charge < -0.3 is 9.64 Å². The van der Waals surface area contributed by atoms with Gasteiger partial charge in [0.2, 0.25) is 5.88 Å². The molecule has 3 aromatic heterocycles. The summed E-state index contributed by atoms with van der Waals surface area (Å²) >= 11 is 0. The number of ether oxygens (including phenoxy) is 1. The van der Waals surface area contributed by atoms with Gasteiger partial charge in [0.25, 0.3) is 5.91 Å². The van der Waals surface area contributed by atoms with E-state index in [9.17, 15) is 9.18 Å². The van der Waals surface area contributed by atoms with Crippen LogP contribution in [0.15, 0.2) is 24.8 Å². The summed E-state index contributed by atoms with van der Waals surface area (Å²) in [6.07, 6.45) is 9.34. The van der Waals surface area contributed by atoms with Gasteiger partial charge in [-0.1, -0.05) is 5.92 Å². The van der Waals surface area contributed by atoms with Crippen molar-refractivity contribution in [3.05, 3.63) is 30.6 Å². The minimum Gasteiger partial charge on any atom is -0.473 e. The molecule has 3 aromatic rings. The molecule has 1 saturated carbocycles. The van der Waals surface area contributed by atoms with Crippen molar-refractivity contribution in [2.45, 2.75) is 44.8 Å². The third-order valence-corrected chi connectivity index (χ3v) is 5.40. The number of carbonyl (C=O) groups excluding carboxylic acids is 1. The number of fused-ring (bicyclic) bond motifs is 1. The van der Waals surface area contributed by atoms with Gasteiger partial charge in [0, 0.05) is 38.3 Å². The summed E-state index contributed by atoms with van der Waals surface area (Å²) in [6.45, 7) is 1.64. The number of aryl methyl sites for hydroxylation is 1. The van der Waals surface area contributed by atoms with E-state index in [-0.39, 0.29) is 29.4 Å². The zero-order valence-corrected chi connectivity index (χ0v) is 17.2. The number of carbonyl (C=O) groups is 1. The second kappa shape index (κ2) is 8.14. The quantitative estimate of drug-likeness (QED) is 0.618. The first-order chi connectivity index (χ1) is 14.5. The molecule has 9 heteroatoms. The monoisotopic (exact) mass is 410 g/mol. The highest BCUT2D eigenvalue weighted by atomic mass is 19.1. The second-order valence-corrected chi connectivity index (χ2v) is 7.47. The molecule has 1 amide bonds. The molecule has 0 aromatic carbocycles. The van der Waals surface area contributed by atoms with Gasteiger partial charge in [-0.2, -0.15) is 10.2 Å². The van der Waals surface area contributed by atoms with Gasteiger partial charge >= 0.3 is 0 Å². The number of amides is 1. The molecule has 0 bridgehead atoms. The van der Waals surface area contributed by atoms with Crippen molar-refractivity contribution >= 4 is 11.4 Å². The Morgan fingerprint density at radius 1 is 1.30 bits per heavy atom.